The number of benzene rings is 2. The highest BCUT2D eigenvalue weighted by Gasteiger charge is 2.09. The number of hydrogen-bond acceptors (Lipinski definition) is 3. The molecule has 3 aromatic rings. The average Bonchev–Trinajstić information content (AvgIpc) is 2.90. The van der Waals surface area contributed by atoms with E-state index in [1.165, 1.54) is 4.68 Å². The normalized spacial score (nSPS) is 10.5. The van der Waals surface area contributed by atoms with Crippen LogP contribution in [-0.4, -0.2) is 10.6 Å². The van der Waals surface area contributed by atoms with E-state index >= 15 is 0 Å². The van der Waals surface area contributed by atoms with Crippen molar-refractivity contribution in [1.82, 2.24) is 4.68 Å². The molecule has 23 heavy (non-hydrogen) atoms. The van der Waals surface area contributed by atoms with Crippen LogP contribution in [-0.2, 0) is 11.2 Å². The average molecular weight is 389 g/mol. The van der Waals surface area contributed by atoms with Crippen LogP contribution in [0.4, 0.5) is 0 Å². The van der Waals surface area contributed by atoms with E-state index in [0.29, 0.717) is 0 Å². The number of hydrogen-bond donors (Lipinski definition) is 1. The molecule has 0 unspecified atom stereocenters. The molecule has 6 heteroatoms. The van der Waals surface area contributed by atoms with E-state index in [1.807, 2.05) is 54.6 Å². The Bertz CT molecular complexity index is 870. The number of amides is 1. The molecular formula is C17H13BrN2O2S. The smallest absolute Gasteiger partial charge is 0.273 e. The summed E-state index contributed by atoms with van der Waals surface area (Å²) in [6.07, 6.45) is 1.88. The van der Waals surface area contributed by atoms with Gasteiger partial charge in [0.15, 0.2) is 0 Å². The Morgan fingerprint density at radius 1 is 1.09 bits per heavy atom. The van der Waals surface area contributed by atoms with Crippen LogP contribution in [0.25, 0.3) is 10.4 Å². The van der Waals surface area contributed by atoms with Gasteiger partial charge in [0.25, 0.3) is 0 Å². The Hall–Kier alpha value is -2.18. The Kier molecular flexibility index (Phi) is 4.73. The van der Waals surface area contributed by atoms with Crippen molar-refractivity contribution in [2.45, 2.75) is 6.42 Å². The maximum Gasteiger partial charge on any atom is 0.326 e. The lowest BCUT2D eigenvalue weighted by atomic mass is 10.1. The molecule has 3 rings (SSSR count). The van der Waals surface area contributed by atoms with Gasteiger partial charge in [-0.25, -0.2) is 4.68 Å². The zero-order valence-electron chi connectivity index (χ0n) is 12.0. The summed E-state index contributed by atoms with van der Waals surface area (Å²) in [4.78, 5) is 24.7. The zero-order chi connectivity index (χ0) is 16.2. The number of carbonyl (C=O) groups is 1. The predicted octanol–water partition coefficient (Wildman–Crippen LogP) is 3.65. The fraction of sp³-hybridized carbons (Fsp3) is 0.0588. The van der Waals surface area contributed by atoms with Gasteiger partial charge in [0, 0.05) is 10.7 Å². The summed E-state index contributed by atoms with van der Waals surface area (Å²) in [6.45, 7) is 0. The molecule has 4 nitrogen and oxygen atoms in total. The first-order chi connectivity index (χ1) is 11.1. The van der Waals surface area contributed by atoms with E-state index < -0.39 is 0 Å². The van der Waals surface area contributed by atoms with Crippen molar-refractivity contribution >= 4 is 33.2 Å². The molecular weight excluding hydrogens is 376 g/mol. The minimum Gasteiger partial charge on any atom is -0.273 e. The van der Waals surface area contributed by atoms with Crippen molar-refractivity contribution in [2.75, 3.05) is 5.43 Å². The first-order valence-corrected chi connectivity index (χ1v) is 8.55. The van der Waals surface area contributed by atoms with Gasteiger partial charge in [-0.3, -0.25) is 15.0 Å². The van der Waals surface area contributed by atoms with Crippen molar-refractivity contribution in [3.05, 3.63) is 80.5 Å². The van der Waals surface area contributed by atoms with E-state index in [9.17, 15) is 9.59 Å². The molecule has 0 fully saturated rings. The molecule has 0 aliphatic heterocycles. The van der Waals surface area contributed by atoms with Crippen LogP contribution in [0.1, 0.15) is 5.56 Å². The largest absolute Gasteiger partial charge is 0.326 e. The second-order valence-electron chi connectivity index (χ2n) is 4.94. The van der Waals surface area contributed by atoms with Crippen molar-refractivity contribution < 1.29 is 4.79 Å². The van der Waals surface area contributed by atoms with Crippen LogP contribution in [0.15, 0.2) is 70.1 Å². The molecule has 0 bridgehead atoms. The van der Waals surface area contributed by atoms with Crippen LogP contribution >= 0.6 is 27.3 Å². The highest BCUT2D eigenvalue weighted by Crippen LogP contribution is 2.23. The SMILES string of the molecule is O=C(Cc1ccccc1)Nn1cc(-c2ccc(Br)cc2)sc1=O. The number of rotatable bonds is 4. The Balaban J connectivity index is 1.75. The summed E-state index contributed by atoms with van der Waals surface area (Å²) in [7, 11) is 0. The fourth-order valence-electron chi connectivity index (χ4n) is 2.12. The molecule has 1 aromatic heterocycles. The second-order valence-corrected chi connectivity index (χ2v) is 6.84. The number of halogens is 1. The van der Waals surface area contributed by atoms with Crippen LogP contribution in [0.2, 0.25) is 0 Å². The van der Waals surface area contributed by atoms with Crippen molar-refractivity contribution in [3.8, 4) is 10.4 Å². The molecule has 116 valence electrons. The van der Waals surface area contributed by atoms with Crippen molar-refractivity contribution in [3.63, 3.8) is 0 Å². The van der Waals surface area contributed by atoms with E-state index in [0.717, 1.165) is 31.8 Å². The highest BCUT2D eigenvalue weighted by atomic mass is 79.9. The third-order valence-electron chi connectivity index (χ3n) is 3.22. The fourth-order valence-corrected chi connectivity index (χ4v) is 3.18. The Morgan fingerprint density at radius 3 is 2.48 bits per heavy atom. The van der Waals surface area contributed by atoms with Crippen LogP contribution in [0.3, 0.4) is 0 Å². The third-order valence-corrected chi connectivity index (χ3v) is 4.68. The van der Waals surface area contributed by atoms with Crippen LogP contribution < -0.4 is 10.3 Å². The molecule has 1 N–H and O–H groups in total. The topological polar surface area (TPSA) is 51.1 Å². The van der Waals surface area contributed by atoms with Crippen LogP contribution in [0, 0.1) is 0 Å². The first kappa shape index (κ1) is 15.7. The Labute approximate surface area is 145 Å². The summed E-state index contributed by atoms with van der Waals surface area (Å²) in [5.74, 6) is -0.224. The maximum absolute atomic E-state index is 12.1. The molecule has 0 aliphatic carbocycles. The molecule has 2 aromatic carbocycles. The van der Waals surface area contributed by atoms with Gasteiger partial charge >= 0.3 is 4.87 Å². The summed E-state index contributed by atoms with van der Waals surface area (Å²) < 4.78 is 2.22. The van der Waals surface area contributed by atoms with Gasteiger partial charge < -0.3 is 0 Å². The van der Waals surface area contributed by atoms with Gasteiger partial charge in [-0.1, -0.05) is 69.7 Å². The predicted molar refractivity (Wildman–Crippen MR) is 96.2 cm³/mol. The van der Waals surface area contributed by atoms with E-state index in [-0.39, 0.29) is 17.2 Å². The standard InChI is InChI=1S/C17H13BrN2O2S/c18-14-8-6-13(7-9-14)15-11-20(17(22)23-15)19-16(21)10-12-4-2-1-3-5-12/h1-9,11H,10H2,(H,19,21). The quantitative estimate of drug-likeness (QED) is 0.741. The number of nitrogens with zero attached hydrogens (tertiary/aromatic N) is 1. The van der Waals surface area contributed by atoms with E-state index in [4.69, 9.17) is 0 Å². The summed E-state index contributed by atoms with van der Waals surface area (Å²) >= 11 is 4.48. The molecule has 0 atom stereocenters. The van der Waals surface area contributed by atoms with Gasteiger partial charge in [0.2, 0.25) is 5.91 Å². The molecule has 0 aliphatic rings. The number of carbonyl (C=O) groups excluding carboxylic acids is 1. The van der Waals surface area contributed by atoms with E-state index in [1.54, 1.807) is 6.20 Å². The van der Waals surface area contributed by atoms with Crippen molar-refractivity contribution in [1.29, 1.82) is 0 Å². The molecule has 0 saturated heterocycles. The van der Waals surface area contributed by atoms with Gasteiger partial charge in [0.05, 0.1) is 11.3 Å². The Morgan fingerprint density at radius 2 is 1.78 bits per heavy atom. The summed E-state index contributed by atoms with van der Waals surface area (Å²) in [5, 5.41) is 0. The summed E-state index contributed by atoms with van der Waals surface area (Å²) in [5.41, 5.74) is 4.47. The third kappa shape index (κ3) is 3.97. The molecule has 1 heterocycles. The minimum atomic E-state index is -0.224. The second kappa shape index (κ2) is 6.93. The number of aromatic nitrogens is 1. The molecule has 1 amide bonds. The first-order valence-electron chi connectivity index (χ1n) is 6.94. The van der Waals surface area contributed by atoms with Crippen LogP contribution in [0.5, 0.6) is 0 Å². The van der Waals surface area contributed by atoms with Gasteiger partial charge in [-0.15, -0.1) is 0 Å². The molecule has 0 spiro atoms. The lowest BCUT2D eigenvalue weighted by Gasteiger charge is -2.04. The van der Waals surface area contributed by atoms with Gasteiger partial charge in [0.1, 0.15) is 0 Å². The van der Waals surface area contributed by atoms with E-state index in [2.05, 4.69) is 21.4 Å². The zero-order valence-corrected chi connectivity index (χ0v) is 14.4. The lowest BCUT2D eigenvalue weighted by Crippen LogP contribution is -2.30. The molecule has 0 radical (unpaired) electrons. The summed E-state index contributed by atoms with van der Waals surface area (Å²) in [6, 6.07) is 17.1. The van der Waals surface area contributed by atoms with Crippen molar-refractivity contribution in [2.24, 2.45) is 0 Å². The van der Waals surface area contributed by atoms with Gasteiger partial charge in [-0.2, -0.15) is 0 Å². The molecule has 0 saturated carbocycles. The number of thiazole rings is 1. The minimum absolute atomic E-state index is 0.218. The monoisotopic (exact) mass is 388 g/mol. The highest BCUT2D eigenvalue weighted by molar-refractivity contribution is 9.10. The number of nitrogens with one attached hydrogen (secondary N) is 1. The van der Waals surface area contributed by atoms with Gasteiger partial charge in [-0.05, 0) is 23.3 Å². The lowest BCUT2D eigenvalue weighted by molar-refractivity contribution is -0.116. The maximum atomic E-state index is 12.1.